The average Bonchev–Trinajstić information content (AvgIpc) is 2.95. The first kappa shape index (κ1) is 17.1. The second-order valence-electron chi connectivity index (χ2n) is 5.56. The lowest BCUT2D eigenvalue weighted by Crippen LogP contribution is -2.33. The van der Waals surface area contributed by atoms with Crippen LogP contribution in [0.25, 0.3) is 0 Å². The first-order valence-corrected chi connectivity index (χ1v) is 7.79. The highest BCUT2D eigenvalue weighted by Crippen LogP contribution is 2.10. The van der Waals surface area contributed by atoms with Gasteiger partial charge < -0.3 is 10.1 Å². The van der Waals surface area contributed by atoms with Crippen molar-refractivity contribution in [1.29, 1.82) is 0 Å². The van der Waals surface area contributed by atoms with Crippen LogP contribution in [-0.2, 0) is 11.2 Å². The van der Waals surface area contributed by atoms with Gasteiger partial charge in [-0.25, -0.2) is 9.51 Å². The summed E-state index contributed by atoms with van der Waals surface area (Å²) in [6.45, 7) is 6.34. The van der Waals surface area contributed by atoms with Crippen LogP contribution in [0.1, 0.15) is 51.8 Å². The lowest BCUT2D eigenvalue weighted by Gasteiger charge is -2.20. The number of aryl methyl sites for hydroxylation is 1. The quantitative estimate of drug-likeness (QED) is 0.639. The van der Waals surface area contributed by atoms with Gasteiger partial charge in [0.15, 0.2) is 5.16 Å². The van der Waals surface area contributed by atoms with Gasteiger partial charge in [-0.2, -0.15) is 0 Å². The Bertz CT molecular complexity index is 317. The lowest BCUT2D eigenvalue weighted by molar-refractivity contribution is -0.397. The summed E-state index contributed by atoms with van der Waals surface area (Å²) in [5.74, 6) is 1.41. The number of nitrogens with zero attached hydrogens (tertiary/aromatic N) is 1. The number of aromatic amines is 1. The molecule has 1 rings (SSSR count). The van der Waals surface area contributed by atoms with Gasteiger partial charge in [-0.1, -0.05) is 19.8 Å². The van der Waals surface area contributed by atoms with Crippen LogP contribution in [0.4, 0.5) is 0 Å². The Morgan fingerprint density at radius 3 is 2.90 bits per heavy atom. The van der Waals surface area contributed by atoms with Gasteiger partial charge in [-0.3, -0.25) is 0 Å². The SMILES string of the molecule is CCCC[C@H](C)NC[C@H](CCCc1[nH+]cno1)COC. The van der Waals surface area contributed by atoms with Crippen molar-refractivity contribution in [2.45, 2.75) is 58.4 Å². The fourth-order valence-corrected chi connectivity index (χ4v) is 2.34. The maximum atomic E-state index is 5.32. The van der Waals surface area contributed by atoms with E-state index in [0.717, 1.165) is 38.3 Å². The number of hydrogen-bond acceptors (Lipinski definition) is 4. The Kier molecular flexibility index (Phi) is 9.24. The molecule has 0 spiro atoms. The largest absolute Gasteiger partial charge is 0.384 e. The summed E-state index contributed by atoms with van der Waals surface area (Å²) in [7, 11) is 1.78. The highest BCUT2D eigenvalue weighted by molar-refractivity contribution is 4.70. The summed E-state index contributed by atoms with van der Waals surface area (Å²) in [4.78, 5) is 2.99. The molecule has 0 radical (unpaired) electrons. The minimum absolute atomic E-state index is 0.562. The Morgan fingerprint density at radius 2 is 2.25 bits per heavy atom. The third kappa shape index (κ3) is 7.60. The lowest BCUT2D eigenvalue weighted by atomic mass is 10.0. The highest BCUT2D eigenvalue weighted by atomic mass is 16.5. The van der Waals surface area contributed by atoms with Crippen LogP contribution in [0.5, 0.6) is 0 Å². The number of methoxy groups -OCH3 is 1. The summed E-state index contributed by atoms with van der Waals surface area (Å²) in [6.07, 6.45) is 8.53. The standard InChI is InChI=1S/C15H29N3O2/c1-4-5-7-13(2)16-10-14(11-19-3)8-6-9-15-17-12-18-20-15/h12-14,16H,4-11H2,1-3H3/p+1/t13-,14-/m0/s1. The average molecular weight is 284 g/mol. The number of hydrogen-bond donors (Lipinski definition) is 1. The molecule has 2 atom stereocenters. The molecule has 1 heterocycles. The summed E-state index contributed by atoms with van der Waals surface area (Å²) in [5.41, 5.74) is 0. The molecular formula is C15H30N3O2+. The van der Waals surface area contributed by atoms with Gasteiger partial charge in [0.25, 0.3) is 0 Å². The van der Waals surface area contributed by atoms with E-state index in [0.29, 0.717) is 12.0 Å². The van der Waals surface area contributed by atoms with E-state index in [2.05, 4.69) is 29.3 Å². The third-order valence-electron chi connectivity index (χ3n) is 3.61. The predicted octanol–water partition coefficient (Wildman–Crippen LogP) is 2.24. The van der Waals surface area contributed by atoms with Crippen LogP contribution in [0, 0.1) is 5.92 Å². The van der Waals surface area contributed by atoms with Gasteiger partial charge in [-0.15, -0.1) is 0 Å². The molecule has 5 heteroatoms. The summed E-state index contributed by atoms with van der Waals surface area (Å²) >= 11 is 0. The molecule has 0 aromatic carbocycles. The molecule has 0 aliphatic heterocycles. The van der Waals surface area contributed by atoms with E-state index in [1.807, 2.05) is 0 Å². The number of unbranched alkanes of at least 4 members (excludes halogenated alkanes) is 1. The molecular weight excluding hydrogens is 254 g/mol. The summed E-state index contributed by atoms with van der Waals surface area (Å²) in [6, 6.07) is 0.594. The number of rotatable bonds is 12. The fraction of sp³-hybridized carbons (Fsp3) is 0.867. The molecule has 0 fully saturated rings. The number of H-pyrrole nitrogens is 1. The molecule has 0 saturated carbocycles. The van der Waals surface area contributed by atoms with Crippen molar-refractivity contribution in [1.82, 2.24) is 10.5 Å². The third-order valence-corrected chi connectivity index (χ3v) is 3.61. The molecule has 0 bridgehead atoms. The van der Waals surface area contributed by atoms with Gasteiger partial charge >= 0.3 is 12.2 Å². The van der Waals surface area contributed by atoms with E-state index >= 15 is 0 Å². The van der Waals surface area contributed by atoms with Crippen LogP contribution >= 0.6 is 0 Å². The van der Waals surface area contributed by atoms with Crippen LogP contribution in [-0.4, -0.2) is 31.5 Å². The second-order valence-corrected chi connectivity index (χ2v) is 5.56. The van der Waals surface area contributed by atoms with Gasteiger partial charge in [0.05, 0.1) is 13.0 Å². The van der Waals surface area contributed by atoms with Crippen LogP contribution in [0.2, 0.25) is 0 Å². The van der Waals surface area contributed by atoms with Crippen LogP contribution < -0.4 is 10.3 Å². The smallest absolute Gasteiger partial charge is 0.334 e. The molecule has 0 aliphatic rings. The van der Waals surface area contributed by atoms with E-state index in [-0.39, 0.29) is 0 Å². The van der Waals surface area contributed by atoms with E-state index in [9.17, 15) is 0 Å². The molecule has 1 aromatic rings. The monoisotopic (exact) mass is 284 g/mol. The molecule has 2 N–H and O–H groups in total. The molecule has 5 nitrogen and oxygen atoms in total. The zero-order valence-electron chi connectivity index (χ0n) is 13.2. The van der Waals surface area contributed by atoms with Crippen molar-refractivity contribution in [3.63, 3.8) is 0 Å². The van der Waals surface area contributed by atoms with Crippen molar-refractivity contribution in [3.05, 3.63) is 12.2 Å². The predicted molar refractivity (Wildman–Crippen MR) is 78.4 cm³/mol. The highest BCUT2D eigenvalue weighted by Gasteiger charge is 2.12. The number of ether oxygens (including phenoxy) is 1. The minimum atomic E-state index is 0.562. The first-order chi connectivity index (χ1) is 9.76. The zero-order valence-corrected chi connectivity index (χ0v) is 13.2. The van der Waals surface area contributed by atoms with E-state index in [4.69, 9.17) is 9.26 Å². The van der Waals surface area contributed by atoms with Crippen molar-refractivity contribution in [2.24, 2.45) is 5.92 Å². The second kappa shape index (κ2) is 10.8. The minimum Gasteiger partial charge on any atom is -0.384 e. The molecule has 116 valence electrons. The molecule has 0 aliphatic carbocycles. The molecule has 0 unspecified atom stereocenters. The zero-order chi connectivity index (χ0) is 14.6. The van der Waals surface area contributed by atoms with Crippen molar-refractivity contribution in [2.75, 3.05) is 20.3 Å². The normalized spacial score (nSPS) is 14.3. The number of aromatic nitrogens is 2. The van der Waals surface area contributed by atoms with Crippen LogP contribution in [0.3, 0.4) is 0 Å². The van der Waals surface area contributed by atoms with Crippen molar-refractivity contribution in [3.8, 4) is 0 Å². The molecule has 0 amide bonds. The van der Waals surface area contributed by atoms with E-state index in [1.165, 1.54) is 19.3 Å². The Morgan fingerprint density at radius 1 is 1.40 bits per heavy atom. The van der Waals surface area contributed by atoms with Crippen molar-refractivity contribution >= 4 is 0 Å². The van der Waals surface area contributed by atoms with E-state index < -0.39 is 0 Å². The Hall–Kier alpha value is -0.940. The maximum absolute atomic E-state index is 5.32. The van der Waals surface area contributed by atoms with Crippen molar-refractivity contribution < 1.29 is 14.2 Å². The topological polar surface area (TPSA) is 61.4 Å². The maximum Gasteiger partial charge on any atom is 0.334 e. The van der Waals surface area contributed by atoms with Crippen LogP contribution in [0.15, 0.2) is 10.9 Å². The Labute approximate surface area is 122 Å². The fourth-order valence-electron chi connectivity index (χ4n) is 2.34. The molecule has 20 heavy (non-hydrogen) atoms. The van der Waals surface area contributed by atoms with Gasteiger partial charge in [0, 0.05) is 19.7 Å². The number of nitrogens with one attached hydrogen (secondary N) is 2. The summed E-state index contributed by atoms with van der Waals surface area (Å²) in [5, 5.41) is 7.30. The van der Waals surface area contributed by atoms with E-state index in [1.54, 1.807) is 13.4 Å². The summed E-state index contributed by atoms with van der Waals surface area (Å²) < 4.78 is 10.4. The van der Waals surface area contributed by atoms with Gasteiger partial charge in [-0.05, 0) is 32.1 Å². The van der Waals surface area contributed by atoms with Gasteiger partial charge in [0.2, 0.25) is 0 Å². The molecule has 0 saturated heterocycles. The van der Waals surface area contributed by atoms with Gasteiger partial charge in [0.1, 0.15) is 0 Å². The first-order valence-electron chi connectivity index (χ1n) is 7.79. The Balaban J connectivity index is 2.18. The molecule has 1 aromatic heterocycles.